The molecule has 2 aromatic carbocycles. The molecule has 11 heteroatoms. The van der Waals surface area contributed by atoms with Crippen molar-refractivity contribution in [2.24, 2.45) is 23.1 Å². The van der Waals surface area contributed by atoms with Crippen LogP contribution in [-0.4, -0.2) is 58.9 Å². The van der Waals surface area contributed by atoms with Crippen molar-refractivity contribution in [2.75, 3.05) is 13.1 Å². The van der Waals surface area contributed by atoms with Crippen molar-refractivity contribution in [3.8, 4) is 5.75 Å². The maximum Gasteiger partial charge on any atom is 0.246 e. The van der Waals surface area contributed by atoms with Crippen molar-refractivity contribution in [1.29, 1.82) is 0 Å². The van der Waals surface area contributed by atoms with Gasteiger partial charge < -0.3 is 32.5 Å². The number of halogens is 2. The lowest BCUT2D eigenvalue weighted by Crippen LogP contribution is -2.58. The third-order valence-electron chi connectivity index (χ3n) is 6.21. The highest BCUT2D eigenvalue weighted by Crippen LogP contribution is 2.18. The fourth-order valence-electron chi connectivity index (χ4n) is 4.17. The molecule has 0 aliphatic rings. The molecule has 3 atom stereocenters. The Kier molecular flexibility index (Phi) is 17.1. The van der Waals surface area contributed by atoms with E-state index in [-0.39, 0.29) is 49.4 Å². The summed E-state index contributed by atoms with van der Waals surface area (Å²) in [7, 11) is 0. The van der Waals surface area contributed by atoms with E-state index >= 15 is 0 Å². The fraction of sp³-hybridized carbons (Fsp3) is 0.464. The SMILES string of the molecule is CC(C)C[C@@H](C(N)=O)N(CCc1ccccc1)C(=O)[C@H](Cc1ccc(O)cc1)NC(=O)[C@@H](N)CCCN.Cl.Cl. The first-order valence-corrected chi connectivity index (χ1v) is 12.8. The molecule has 39 heavy (non-hydrogen) atoms. The molecular formula is C28H43Cl2N5O4. The zero-order chi connectivity index (χ0) is 27.4. The first-order valence-electron chi connectivity index (χ1n) is 12.8. The number of hydrogen-bond donors (Lipinski definition) is 5. The number of nitrogens with one attached hydrogen (secondary N) is 1. The van der Waals surface area contributed by atoms with Crippen molar-refractivity contribution in [1.82, 2.24) is 10.2 Å². The molecule has 0 aliphatic heterocycles. The molecule has 0 fully saturated rings. The highest BCUT2D eigenvalue weighted by Gasteiger charge is 2.34. The van der Waals surface area contributed by atoms with Gasteiger partial charge >= 0.3 is 0 Å². The molecule has 8 N–H and O–H groups in total. The van der Waals surface area contributed by atoms with Crippen molar-refractivity contribution >= 4 is 42.5 Å². The van der Waals surface area contributed by atoms with E-state index in [0.717, 1.165) is 11.1 Å². The predicted molar refractivity (Wildman–Crippen MR) is 159 cm³/mol. The lowest BCUT2D eigenvalue weighted by molar-refractivity contribution is -0.143. The van der Waals surface area contributed by atoms with Crippen LogP contribution in [0.3, 0.4) is 0 Å². The van der Waals surface area contributed by atoms with E-state index in [2.05, 4.69) is 5.32 Å². The quantitative estimate of drug-likeness (QED) is 0.216. The second kappa shape index (κ2) is 18.4. The first kappa shape index (κ1) is 36.1. The van der Waals surface area contributed by atoms with E-state index in [9.17, 15) is 19.5 Å². The molecule has 0 saturated heterocycles. The summed E-state index contributed by atoms with van der Waals surface area (Å²) in [5.41, 5.74) is 19.1. The predicted octanol–water partition coefficient (Wildman–Crippen LogP) is 2.30. The molecule has 0 unspecified atom stereocenters. The van der Waals surface area contributed by atoms with Gasteiger partial charge in [0.25, 0.3) is 0 Å². The highest BCUT2D eigenvalue weighted by atomic mass is 35.5. The molecule has 0 radical (unpaired) electrons. The third-order valence-corrected chi connectivity index (χ3v) is 6.21. The highest BCUT2D eigenvalue weighted by molar-refractivity contribution is 5.93. The van der Waals surface area contributed by atoms with Gasteiger partial charge in [-0.3, -0.25) is 14.4 Å². The van der Waals surface area contributed by atoms with Gasteiger partial charge in [0.05, 0.1) is 6.04 Å². The number of rotatable bonds is 15. The summed E-state index contributed by atoms with van der Waals surface area (Å²) >= 11 is 0. The molecule has 2 rings (SSSR count). The van der Waals surface area contributed by atoms with E-state index in [4.69, 9.17) is 17.2 Å². The Bertz CT molecular complexity index is 1010. The summed E-state index contributed by atoms with van der Waals surface area (Å²) in [6.07, 6.45) is 2.03. The average Bonchev–Trinajstić information content (AvgIpc) is 2.87. The van der Waals surface area contributed by atoms with Gasteiger partial charge in [0.2, 0.25) is 17.7 Å². The van der Waals surface area contributed by atoms with Crippen LogP contribution in [0.2, 0.25) is 0 Å². The number of benzene rings is 2. The van der Waals surface area contributed by atoms with E-state index < -0.39 is 35.8 Å². The maximum atomic E-state index is 14.0. The van der Waals surface area contributed by atoms with E-state index in [1.165, 1.54) is 17.0 Å². The summed E-state index contributed by atoms with van der Waals surface area (Å²) in [6, 6.07) is 13.4. The Morgan fingerprint density at radius 1 is 0.974 bits per heavy atom. The summed E-state index contributed by atoms with van der Waals surface area (Å²) in [4.78, 5) is 41.0. The van der Waals surface area contributed by atoms with Crippen molar-refractivity contribution < 1.29 is 19.5 Å². The molecule has 218 valence electrons. The number of primary amides is 1. The van der Waals surface area contributed by atoms with Crippen LogP contribution in [0.5, 0.6) is 5.75 Å². The Labute approximate surface area is 243 Å². The molecule has 0 heterocycles. The molecule has 0 spiro atoms. The minimum absolute atomic E-state index is 0. The normalized spacial score (nSPS) is 12.8. The number of phenolic OH excluding ortho intramolecular Hbond substituents is 1. The van der Waals surface area contributed by atoms with Crippen molar-refractivity contribution in [2.45, 2.75) is 64.1 Å². The largest absolute Gasteiger partial charge is 0.508 e. The Balaban J connectivity index is 0.00000722. The molecule has 2 aromatic rings. The van der Waals surface area contributed by atoms with Crippen LogP contribution in [-0.2, 0) is 27.2 Å². The number of carbonyl (C=O) groups excluding carboxylic acids is 3. The second-order valence-electron chi connectivity index (χ2n) is 9.78. The van der Waals surface area contributed by atoms with Crippen LogP contribution < -0.4 is 22.5 Å². The van der Waals surface area contributed by atoms with Gasteiger partial charge in [-0.05, 0) is 61.4 Å². The van der Waals surface area contributed by atoms with Crippen LogP contribution in [0.4, 0.5) is 0 Å². The smallest absolute Gasteiger partial charge is 0.246 e. The van der Waals surface area contributed by atoms with Gasteiger partial charge in [0.15, 0.2) is 0 Å². The molecule has 0 saturated carbocycles. The van der Waals surface area contributed by atoms with Crippen molar-refractivity contribution in [3.05, 3.63) is 65.7 Å². The number of nitrogens with two attached hydrogens (primary N) is 3. The maximum absolute atomic E-state index is 14.0. The lowest BCUT2D eigenvalue weighted by Gasteiger charge is -2.34. The minimum atomic E-state index is -0.981. The zero-order valence-electron chi connectivity index (χ0n) is 22.6. The molecule has 0 aliphatic carbocycles. The zero-order valence-corrected chi connectivity index (χ0v) is 24.3. The Morgan fingerprint density at radius 3 is 2.13 bits per heavy atom. The second-order valence-corrected chi connectivity index (χ2v) is 9.78. The Morgan fingerprint density at radius 2 is 1.59 bits per heavy atom. The summed E-state index contributed by atoms with van der Waals surface area (Å²) < 4.78 is 0. The van der Waals surface area contributed by atoms with Gasteiger partial charge in [-0.1, -0.05) is 56.3 Å². The number of hydrogen-bond acceptors (Lipinski definition) is 6. The fourth-order valence-corrected chi connectivity index (χ4v) is 4.17. The third kappa shape index (κ3) is 12.3. The first-order chi connectivity index (χ1) is 17.6. The van der Waals surface area contributed by atoms with E-state index in [1.54, 1.807) is 12.1 Å². The van der Waals surface area contributed by atoms with Gasteiger partial charge in [0, 0.05) is 13.0 Å². The van der Waals surface area contributed by atoms with Gasteiger partial charge in [-0.15, -0.1) is 24.8 Å². The monoisotopic (exact) mass is 583 g/mol. The summed E-state index contributed by atoms with van der Waals surface area (Å²) in [5, 5.41) is 12.5. The molecule has 9 nitrogen and oxygen atoms in total. The van der Waals surface area contributed by atoms with Crippen LogP contribution in [0, 0.1) is 5.92 Å². The lowest BCUT2D eigenvalue weighted by atomic mass is 9.98. The van der Waals surface area contributed by atoms with Crippen LogP contribution >= 0.6 is 24.8 Å². The number of nitrogens with zero attached hydrogens (tertiary/aromatic N) is 1. The van der Waals surface area contributed by atoms with Crippen LogP contribution in [0.25, 0.3) is 0 Å². The number of carbonyl (C=O) groups is 3. The standard InChI is InChI=1S/C28H41N5O4.2ClH/c1-19(2)17-25(26(31)35)33(16-14-20-7-4-3-5-8-20)28(37)24(18-21-10-12-22(34)13-11-21)32-27(36)23(30)9-6-15-29;;/h3-5,7-8,10-13,19,23-25,34H,6,9,14-18,29-30H2,1-2H3,(H2,31,35)(H,32,36);2*1H/t23-,24-,25-;;/m0../s1. The van der Waals surface area contributed by atoms with Gasteiger partial charge in [-0.2, -0.15) is 0 Å². The van der Waals surface area contributed by atoms with Gasteiger partial charge in [-0.25, -0.2) is 0 Å². The Hall–Kier alpha value is -2.85. The minimum Gasteiger partial charge on any atom is -0.508 e. The number of aromatic hydroxyl groups is 1. The van der Waals surface area contributed by atoms with E-state index in [1.807, 2.05) is 44.2 Å². The number of phenols is 1. The van der Waals surface area contributed by atoms with Crippen molar-refractivity contribution in [3.63, 3.8) is 0 Å². The molecular weight excluding hydrogens is 541 g/mol. The van der Waals surface area contributed by atoms with E-state index in [0.29, 0.717) is 32.2 Å². The van der Waals surface area contributed by atoms with Gasteiger partial charge in [0.1, 0.15) is 17.8 Å². The average molecular weight is 585 g/mol. The molecule has 0 bridgehead atoms. The van der Waals surface area contributed by atoms with Crippen LogP contribution in [0.1, 0.15) is 44.2 Å². The topological polar surface area (TPSA) is 165 Å². The molecule has 3 amide bonds. The molecule has 0 aromatic heterocycles. The number of amides is 3. The van der Waals surface area contributed by atoms with Crippen LogP contribution in [0.15, 0.2) is 54.6 Å². The summed E-state index contributed by atoms with van der Waals surface area (Å²) in [5.74, 6) is -1.26. The summed E-state index contributed by atoms with van der Waals surface area (Å²) in [6.45, 7) is 4.58.